The van der Waals surface area contributed by atoms with E-state index >= 15 is 0 Å². The van der Waals surface area contributed by atoms with E-state index < -0.39 is 5.91 Å². The van der Waals surface area contributed by atoms with Crippen LogP contribution in [0.4, 0.5) is 5.00 Å². The third-order valence-corrected chi connectivity index (χ3v) is 5.63. The number of thiophene rings is 1. The predicted octanol–water partition coefficient (Wildman–Crippen LogP) is 3.77. The van der Waals surface area contributed by atoms with Crippen molar-refractivity contribution < 1.29 is 14.3 Å². The Kier molecular flexibility index (Phi) is 5.08. The van der Waals surface area contributed by atoms with Gasteiger partial charge in [0.15, 0.2) is 0 Å². The standard InChI is InChI=1S/C19H22N2O3S/c1-3-11(2)24-13-9-7-12(8-10-13)18(23)21-19-16(17(20)22)14-5-4-6-15(14)25-19/h7-11H,3-6H2,1-2H3,(H2,20,22)(H,21,23)/t11-/m0/s1. The topological polar surface area (TPSA) is 81.4 Å². The molecule has 0 spiro atoms. The van der Waals surface area contributed by atoms with E-state index in [1.54, 1.807) is 24.3 Å². The summed E-state index contributed by atoms with van der Waals surface area (Å²) in [4.78, 5) is 25.5. The number of nitrogens with one attached hydrogen (secondary N) is 1. The first-order chi connectivity index (χ1) is 12.0. The van der Waals surface area contributed by atoms with E-state index in [2.05, 4.69) is 12.2 Å². The number of ether oxygens (including phenoxy) is 1. The van der Waals surface area contributed by atoms with Crippen LogP contribution in [0.5, 0.6) is 5.75 Å². The number of aryl methyl sites for hydroxylation is 1. The molecule has 1 aromatic carbocycles. The Morgan fingerprint density at radius 2 is 2.00 bits per heavy atom. The molecule has 0 fully saturated rings. The highest BCUT2D eigenvalue weighted by Crippen LogP contribution is 2.39. The molecule has 1 atom stereocenters. The van der Waals surface area contributed by atoms with Crippen LogP contribution in [0.2, 0.25) is 0 Å². The molecular weight excluding hydrogens is 336 g/mol. The minimum atomic E-state index is -0.480. The number of anilines is 1. The van der Waals surface area contributed by atoms with Gasteiger partial charge in [0.05, 0.1) is 11.7 Å². The Labute approximate surface area is 151 Å². The van der Waals surface area contributed by atoms with Crippen molar-refractivity contribution in [3.05, 3.63) is 45.8 Å². The van der Waals surface area contributed by atoms with E-state index in [0.717, 1.165) is 41.9 Å². The normalized spacial score (nSPS) is 14.0. The largest absolute Gasteiger partial charge is 0.491 e. The molecule has 5 nitrogen and oxygen atoms in total. The molecule has 25 heavy (non-hydrogen) atoms. The number of benzene rings is 1. The molecule has 1 aliphatic carbocycles. The lowest BCUT2D eigenvalue weighted by Gasteiger charge is -2.12. The molecule has 2 aromatic rings. The zero-order chi connectivity index (χ0) is 18.0. The van der Waals surface area contributed by atoms with Crippen LogP contribution in [-0.4, -0.2) is 17.9 Å². The van der Waals surface area contributed by atoms with Crippen molar-refractivity contribution in [2.24, 2.45) is 5.73 Å². The molecule has 0 bridgehead atoms. The van der Waals surface area contributed by atoms with Crippen LogP contribution >= 0.6 is 11.3 Å². The minimum absolute atomic E-state index is 0.131. The van der Waals surface area contributed by atoms with E-state index in [9.17, 15) is 9.59 Å². The zero-order valence-corrected chi connectivity index (χ0v) is 15.2. The molecule has 0 aliphatic heterocycles. The number of carbonyl (C=O) groups excluding carboxylic acids is 2. The quantitative estimate of drug-likeness (QED) is 0.825. The van der Waals surface area contributed by atoms with Crippen molar-refractivity contribution in [1.29, 1.82) is 0 Å². The van der Waals surface area contributed by atoms with Gasteiger partial charge >= 0.3 is 0 Å². The van der Waals surface area contributed by atoms with Crippen LogP contribution < -0.4 is 15.8 Å². The van der Waals surface area contributed by atoms with Crippen molar-refractivity contribution in [2.75, 3.05) is 5.32 Å². The molecule has 0 saturated heterocycles. The minimum Gasteiger partial charge on any atom is -0.491 e. The lowest BCUT2D eigenvalue weighted by atomic mass is 10.1. The van der Waals surface area contributed by atoms with E-state index in [4.69, 9.17) is 10.5 Å². The smallest absolute Gasteiger partial charge is 0.256 e. The average molecular weight is 358 g/mol. The van der Waals surface area contributed by atoms with Gasteiger partial charge in [-0.3, -0.25) is 9.59 Å². The van der Waals surface area contributed by atoms with Gasteiger partial charge in [0.1, 0.15) is 10.8 Å². The number of amides is 2. The average Bonchev–Trinajstić information content (AvgIpc) is 3.15. The highest BCUT2D eigenvalue weighted by Gasteiger charge is 2.26. The molecule has 6 heteroatoms. The van der Waals surface area contributed by atoms with Gasteiger partial charge in [0, 0.05) is 10.4 Å². The molecule has 0 radical (unpaired) electrons. The molecule has 1 aliphatic rings. The number of carbonyl (C=O) groups is 2. The molecule has 3 rings (SSSR count). The van der Waals surface area contributed by atoms with Crippen molar-refractivity contribution in [3.63, 3.8) is 0 Å². The summed E-state index contributed by atoms with van der Waals surface area (Å²) in [5, 5.41) is 3.40. The van der Waals surface area contributed by atoms with Crippen LogP contribution in [0.3, 0.4) is 0 Å². The number of hydrogen-bond donors (Lipinski definition) is 2. The number of nitrogens with two attached hydrogens (primary N) is 1. The number of fused-ring (bicyclic) bond motifs is 1. The Bertz CT molecular complexity index is 796. The molecule has 0 saturated carbocycles. The fraction of sp³-hybridized carbons (Fsp3) is 0.368. The number of hydrogen-bond acceptors (Lipinski definition) is 4. The van der Waals surface area contributed by atoms with Crippen molar-refractivity contribution in [2.45, 2.75) is 45.6 Å². The van der Waals surface area contributed by atoms with Crippen LogP contribution in [0.25, 0.3) is 0 Å². The van der Waals surface area contributed by atoms with Crippen LogP contribution in [0.15, 0.2) is 24.3 Å². The third kappa shape index (κ3) is 3.69. The molecular formula is C19H22N2O3S. The number of rotatable bonds is 6. The molecule has 1 aromatic heterocycles. The summed E-state index contributed by atoms with van der Waals surface area (Å²) in [5.74, 6) is 0.00309. The van der Waals surface area contributed by atoms with Gasteiger partial charge < -0.3 is 15.8 Å². The lowest BCUT2D eigenvalue weighted by molar-refractivity contribution is 0.100. The Morgan fingerprint density at radius 1 is 1.28 bits per heavy atom. The fourth-order valence-electron chi connectivity index (χ4n) is 2.93. The molecule has 2 amide bonds. The van der Waals surface area contributed by atoms with Gasteiger partial charge in [-0.1, -0.05) is 6.92 Å². The second-order valence-corrected chi connectivity index (χ2v) is 7.35. The maximum atomic E-state index is 12.5. The van der Waals surface area contributed by atoms with E-state index in [-0.39, 0.29) is 12.0 Å². The Morgan fingerprint density at radius 3 is 2.64 bits per heavy atom. The summed E-state index contributed by atoms with van der Waals surface area (Å²) in [6, 6.07) is 7.01. The van der Waals surface area contributed by atoms with Gasteiger partial charge in [-0.15, -0.1) is 11.3 Å². The van der Waals surface area contributed by atoms with Crippen LogP contribution in [0.1, 0.15) is 57.8 Å². The highest BCUT2D eigenvalue weighted by atomic mass is 32.1. The Hall–Kier alpha value is -2.34. The summed E-state index contributed by atoms with van der Waals surface area (Å²) in [6.45, 7) is 4.06. The van der Waals surface area contributed by atoms with Crippen LogP contribution in [0, 0.1) is 0 Å². The second-order valence-electron chi connectivity index (χ2n) is 6.24. The van der Waals surface area contributed by atoms with Crippen molar-refractivity contribution in [3.8, 4) is 5.75 Å². The maximum Gasteiger partial charge on any atom is 0.256 e. The predicted molar refractivity (Wildman–Crippen MR) is 99.6 cm³/mol. The van der Waals surface area contributed by atoms with E-state index in [1.165, 1.54) is 11.3 Å². The highest BCUT2D eigenvalue weighted by molar-refractivity contribution is 7.17. The first-order valence-corrected chi connectivity index (χ1v) is 9.33. The summed E-state index contributed by atoms with van der Waals surface area (Å²) in [5.41, 5.74) is 7.52. The van der Waals surface area contributed by atoms with Gasteiger partial charge in [-0.25, -0.2) is 0 Å². The first kappa shape index (κ1) is 17.5. The van der Waals surface area contributed by atoms with Gasteiger partial charge in [0.2, 0.25) is 0 Å². The number of primary amides is 1. The van der Waals surface area contributed by atoms with Crippen LogP contribution in [-0.2, 0) is 12.8 Å². The van der Waals surface area contributed by atoms with Crippen molar-refractivity contribution in [1.82, 2.24) is 0 Å². The van der Waals surface area contributed by atoms with Gasteiger partial charge in [-0.05, 0) is 62.4 Å². The summed E-state index contributed by atoms with van der Waals surface area (Å²) >= 11 is 1.46. The molecule has 0 unspecified atom stereocenters. The van der Waals surface area contributed by atoms with Gasteiger partial charge in [0.25, 0.3) is 11.8 Å². The van der Waals surface area contributed by atoms with Gasteiger partial charge in [-0.2, -0.15) is 0 Å². The molecule has 1 heterocycles. The summed E-state index contributed by atoms with van der Waals surface area (Å²) in [6.07, 6.45) is 3.87. The van der Waals surface area contributed by atoms with E-state index in [0.29, 0.717) is 16.1 Å². The molecule has 3 N–H and O–H groups in total. The third-order valence-electron chi connectivity index (χ3n) is 4.42. The monoisotopic (exact) mass is 358 g/mol. The second kappa shape index (κ2) is 7.27. The SMILES string of the molecule is CC[C@H](C)Oc1ccc(C(=O)Nc2sc3c(c2C(N)=O)CCC3)cc1. The summed E-state index contributed by atoms with van der Waals surface area (Å²) < 4.78 is 5.72. The molecule has 132 valence electrons. The fourth-order valence-corrected chi connectivity index (χ4v) is 4.22. The Balaban J connectivity index is 1.76. The zero-order valence-electron chi connectivity index (χ0n) is 14.4. The van der Waals surface area contributed by atoms with E-state index in [1.807, 2.05) is 6.92 Å². The maximum absolute atomic E-state index is 12.5. The lowest BCUT2D eigenvalue weighted by Crippen LogP contribution is -2.18. The van der Waals surface area contributed by atoms with Crippen molar-refractivity contribution >= 4 is 28.2 Å². The first-order valence-electron chi connectivity index (χ1n) is 8.52. The summed E-state index contributed by atoms with van der Waals surface area (Å²) in [7, 11) is 0.